The second kappa shape index (κ2) is 6.03. The third-order valence-corrected chi connectivity index (χ3v) is 3.89. The van der Waals surface area contributed by atoms with E-state index in [0.29, 0.717) is 17.8 Å². The highest BCUT2D eigenvalue weighted by molar-refractivity contribution is 5.98. The van der Waals surface area contributed by atoms with Crippen molar-refractivity contribution in [1.29, 1.82) is 0 Å². The van der Waals surface area contributed by atoms with Crippen molar-refractivity contribution in [3.63, 3.8) is 0 Å². The Morgan fingerprint density at radius 2 is 2.14 bits per heavy atom. The summed E-state index contributed by atoms with van der Waals surface area (Å²) in [6.07, 6.45) is 2.44. The van der Waals surface area contributed by atoms with Crippen LogP contribution in [0.2, 0.25) is 0 Å². The quantitative estimate of drug-likeness (QED) is 0.669. The first-order chi connectivity index (χ1) is 10.6. The molecule has 5 N–H and O–H groups in total. The smallest absolute Gasteiger partial charge is 0.267 e. The number of nitrogens with one attached hydrogen (secondary N) is 3. The van der Waals surface area contributed by atoms with Crippen LogP contribution in [0.5, 0.6) is 0 Å². The van der Waals surface area contributed by atoms with Gasteiger partial charge in [-0.3, -0.25) is 9.59 Å². The number of carbonyl (C=O) groups excluding carboxylic acids is 2. The van der Waals surface area contributed by atoms with Gasteiger partial charge in [0.1, 0.15) is 5.69 Å². The molecule has 0 saturated carbocycles. The minimum absolute atomic E-state index is 0.0967. The van der Waals surface area contributed by atoms with E-state index in [4.69, 9.17) is 5.73 Å². The van der Waals surface area contributed by atoms with Crippen LogP contribution in [0.15, 0.2) is 36.5 Å². The van der Waals surface area contributed by atoms with E-state index >= 15 is 0 Å². The van der Waals surface area contributed by atoms with Crippen LogP contribution in [0.25, 0.3) is 0 Å². The second-order valence-corrected chi connectivity index (χ2v) is 5.33. The predicted molar refractivity (Wildman–Crippen MR) is 82.5 cm³/mol. The van der Waals surface area contributed by atoms with E-state index in [0.717, 1.165) is 13.0 Å². The number of hydrogen-bond acceptors (Lipinski definition) is 3. The van der Waals surface area contributed by atoms with Gasteiger partial charge in [-0.25, -0.2) is 0 Å². The van der Waals surface area contributed by atoms with Crippen LogP contribution >= 0.6 is 0 Å². The molecule has 0 aliphatic carbocycles. The Labute approximate surface area is 128 Å². The molecule has 0 saturated heterocycles. The minimum atomic E-state index is -0.557. The maximum atomic E-state index is 12.1. The van der Waals surface area contributed by atoms with Gasteiger partial charge >= 0.3 is 0 Å². The number of H-pyrrole nitrogens is 1. The predicted octanol–water partition coefficient (Wildman–Crippen LogP) is 0.730. The summed E-state index contributed by atoms with van der Waals surface area (Å²) in [6.45, 7) is 1.38. The third-order valence-electron chi connectivity index (χ3n) is 3.89. The minimum Gasteiger partial charge on any atom is -0.366 e. The van der Waals surface area contributed by atoms with E-state index in [2.05, 4.69) is 27.8 Å². The maximum absolute atomic E-state index is 12.1. The van der Waals surface area contributed by atoms with Crippen LogP contribution in [-0.2, 0) is 6.42 Å². The molecule has 6 nitrogen and oxygen atoms in total. The first-order valence-electron chi connectivity index (χ1n) is 7.23. The molecule has 2 aromatic rings. The molecule has 1 aromatic heterocycles. The Balaban J connectivity index is 1.65. The molecule has 0 radical (unpaired) electrons. The lowest BCUT2D eigenvalue weighted by Crippen LogP contribution is -2.38. The van der Waals surface area contributed by atoms with Crippen molar-refractivity contribution in [3.8, 4) is 0 Å². The van der Waals surface area contributed by atoms with E-state index in [1.54, 1.807) is 0 Å². The highest BCUT2D eigenvalue weighted by Crippen LogP contribution is 2.21. The molecule has 22 heavy (non-hydrogen) atoms. The van der Waals surface area contributed by atoms with Gasteiger partial charge in [-0.1, -0.05) is 24.3 Å². The van der Waals surface area contributed by atoms with Gasteiger partial charge in [0.15, 0.2) is 0 Å². The average molecular weight is 298 g/mol. The summed E-state index contributed by atoms with van der Waals surface area (Å²) >= 11 is 0. The zero-order chi connectivity index (χ0) is 15.5. The summed E-state index contributed by atoms with van der Waals surface area (Å²) in [7, 11) is 0. The molecule has 0 bridgehead atoms. The molecule has 1 atom stereocenters. The van der Waals surface area contributed by atoms with Crippen LogP contribution in [0.1, 0.15) is 38.0 Å². The molecule has 3 rings (SSSR count). The van der Waals surface area contributed by atoms with Crippen LogP contribution in [-0.4, -0.2) is 29.9 Å². The Kier molecular flexibility index (Phi) is 3.93. The number of aromatic amines is 1. The summed E-state index contributed by atoms with van der Waals surface area (Å²) < 4.78 is 0. The molecule has 1 aliphatic heterocycles. The van der Waals surface area contributed by atoms with Gasteiger partial charge in [-0.15, -0.1) is 0 Å². The van der Waals surface area contributed by atoms with E-state index in [1.165, 1.54) is 23.4 Å². The van der Waals surface area contributed by atoms with Crippen molar-refractivity contribution in [2.24, 2.45) is 5.73 Å². The summed E-state index contributed by atoms with van der Waals surface area (Å²) in [5.74, 6) is -0.810. The van der Waals surface area contributed by atoms with Crippen LogP contribution < -0.4 is 16.4 Å². The molecule has 1 unspecified atom stereocenters. The van der Waals surface area contributed by atoms with Gasteiger partial charge in [0.25, 0.3) is 5.91 Å². The van der Waals surface area contributed by atoms with Crippen molar-refractivity contribution < 1.29 is 9.59 Å². The van der Waals surface area contributed by atoms with E-state index < -0.39 is 5.91 Å². The van der Waals surface area contributed by atoms with Gasteiger partial charge in [0, 0.05) is 18.8 Å². The van der Waals surface area contributed by atoms with Crippen molar-refractivity contribution >= 4 is 11.8 Å². The largest absolute Gasteiger partial charge is 0.366 e. The number of rotatable bonds is 4. The number of nitrogens with two attached hydrogens (primary N) is 1. The zero-order valence-corrected chi connectivity index (χ0v) is 12.1. The van der Waals surface area contributed by atoms with Crippen molar-refractivity contribution in [2.45, 2.75) is 12.5 Å². The fraction of sp³-hybridized carbons (Fsp3) is 0.250. The lowest BCUT2D eigenvalue weighted by molar-refractivity contribution is 0.0944. The average Bonchev–Trinajstić information content (AvgIpc) is 3.03. The first-order valence-corrected chi connectivity index (χ1v) is 7.23. The molecule has 2 heterocycles. The number of hydrogen-bond donors (Lipinski definition) is 4. The highest BCUT2D eigenvalue weighted by Gasteiger charge is 2.20. The fourth-order valence-corrected chi connectivity index (χ4v) is 2.73. The molecule has 6 heteroatoms. The zero-order valence-electron chi connectivity index (χ0n) is 12.1. The van der Waals surface area contributed by atoms with Gasteiger partial charge in [-0.2, -0.15) is 0 Å². The highest BCUT2D eigenvalue weighted by atomic mass is 16.2. The lowest BCUT2D eigenvalue weighted by atomic mass is 9.94. The van der Waals surface area contributed by atoms with Gasteiger partial charge in [0.05, 0.1) is 5.56 Å². The van der Waals surface area contributed by atoms with E-state index in [-0.39, 0.29) is 11.9 Å². The fourth-order valence-electron chi connectivity index (χ4n) is 2.73. The van der Waals surface area contributed by atoms with E-state index in [1.807, 2.05) is 12.1 Å². The number of primary amides is 1. The van der Waals surface area contributed by atoms with Crippen molar-refractivity contribution in [1.82, 2.24) is 15.6 Å². The standard InChI is InChI=1S/C16H18N4O2/c17-15(21)11-7-13(19-8-11)16(22)20-9-14-12-4-2-1-3-10(12)5-6-18-14/h1-4,7-8,14,18-19H,5-6,9H2,(H2,17,21)(H,20,22). The number of aromatic nitrogens is 1. The molecule has 114 valence electrons. The molecule has 2 amide bonds. The van der Waals surface area contributed by atoms with Crippen molar-refractivity contribution in [2.75, 3.05) is 13.1 Å². The van der Waals surface area contributed by atoms with Crippen LogP contribution in [0.4, 0.5) is 0 Å². The number of benzene rings is 1. The summed E-state index contributed by atoms with van der Waals surface area (Å²) in [5.41, 5.74) is 8.34. The third kappa shape index (κ3) is 2.87. The summed E-state index contributed by atoms with van der Waals surface area (Å²) in [4.78, 5) is 25.9. The van der Waals surface area contributed by atoms with Crippen molar-refractivity contribution in [3.05, 3.63) is 58.9 Å². The number of amides is 2. The van der Waals surface area contributed by atoms with Gasteiger partial charge in [-0.05, 0) is 30.2 Å². The van der Waals surface area contributed by atoms with Gasteiger partial charge in [0.2, 0.25) is 5.91 Å². The topological polar surface area (TPSA) is 100 Å². The Hall–Kier alpha value is -2.60. The molecular weight excluding hydrogens is 280 g/mol. The van der Waals surface area contributed by atoms with Gasteiger partial charge < -0.3 is 21.4 Å². The second-order valence-electron chi connectivity index (χ2n) is 5.33. The maximum Gasteiger partial charge on any atom is 0.267 e. The first kappa shape index (κ1) is 14.3. The Morgan fingerprint density at radius 1 is 1.32 bits per heavy atom. The van der Waals surface area contributed by atoms with E-state index in [9.17, 15) is 9.59 Å². The lowest BCUT2D eigenvalue weighted by Gasteiger charge is -2.27. The number of carbonyl (C=O) groups is 2. The molecule has 1 aliphatic rings. The van der Waals surface area contributed by atoms with Crippen LogP contribution in [0, 0.1) is 0 Å². The molecule has 0 spiro atoms. The molecular formula is C16H18N4O2. The SMILES string of the molecule is NC(=O)c1c[nH]c(C(=O)NCC2NCCc3ccccc32)c1. The van der Waals surface area contributed by atoms with Crippen LogP contribution in [0.3, 0.4) is 0 Å². The normalized spacial score (nSPS) is 16.8. The molecule has 0 fully saturated rings. The number of fused-ring (bicyclic) bond motifs is 1. The monoisotopic (exact) mass is 298 g/mol. The Morgan fingerprint density at radius 3 is 2.91 bits per heavy atom. The Bertz CT molecular complexity index is 708. The summed E-state index contributed by atoms with van der Waals surface area (Å²) in [6, 6.07) is 9.79. The molecule has 1 aromatic carbocycles. The summed E-state index contributed by atoms with van der Waals surface area (Å²) in [5, 5.41) is 6.28.